The van der Waals surface area contributed by atoms with Crippen LogP contribution in [0.15, 0.2) is 18.2 Å². The number of benzene rings is 1. The van der Waals surface area contributed by atoms with Crippen LogP contribution in [0.4, 0.5) is 0 Å². The van der Waals surface area contributed by atoms with Crippen LogP contribution >= 0.6 is 23.2 Å². The third-order valence-corrected chi connectivity index (χ3v) is 2.75. The van der Waals surface area contributed by atoms with Crippen molar-refractivity contribution in [3.05, 3.63) is 29.0 Å². The highest BCUT2D eigenvalue weighted by molar-refractivity contribution is 6.35. The summed E-state index contributed by atoms with van der Waals surface area (Å²) in [5, 5.41) is 0.560. The molecule has 0 saturated carbocycles. The van der Waals surface area contributed by atoms with Gasteiger partial charge in [0.15, 0.2) is 0 Å². The Bertz CT molecular complexity index is 474. The Balaban J connectivity index is 2.80. The molecule has 0 radical (unpaired) electrons. The third kappa shape index (κ3) is 1.39. The van der Waals surface area contributed by atoms with E-state index in [0.29, 0.717) is 5.02 Å². The Morgan fingerprint density at radius 1 is 1.43 bits per heavy atom. The SMILES string of the molecule is CC(Cl)c1nc2c(Cl)cccc2n1C. The first kappa shape index (κ1) is 9.81. The number of imidazole rings is 1. The molecule has 0 amide bonds. The van der Waals surface area contributed by atoms with Crippen LogP contribution < -0.4 is 0 Å². The molecule has 0 aliphatic rings. The minimum absolute atomic E-state index is 0.108. The van der Waals surface area contributed by atoms with Crippen LogP contribution in [-0.2, 0) is 7.05 Å². The Kier molecular flexibility index (Phi) is 2.41. The molecule has 0 N–H and O–H groups in total. The number of fused-ring (bicyclic) bond motifs is 1. The first-order valence-corrected chi connectivity index (χ1v) is 5.17. The van der Waals surface area contributed by atoms with E-state index in [0.717, 1.165) is 16.9 Å². The van der Waals surface area contributed by atoms with Gasteiger partial charge in [-0.3, -0.25) is 0 Å². The van der Waals surface area contributed by atoms with Crippen LogP contribution in [0, 0.1) is 0 Å². The van der Waals surface area contributed by atoms with Gasteiger partial charge in [0.1, 0.15) is 11.3 Å². The number of rotatable bonds is 1. The zero-order valence-corrected chi connectivity index (χ0v) is 9.47. The highest BCUT2D eigenvalue weighted by Crippen LogP contribution is 2.27. The zero-order chi connectivity index (χ0) is 10.3. The fourth-order valence-electron chi connectivity index (χ4n) is 1.55. The Morgan fingerprint density at radius 3 is 2.71 bits per heavy atom. The minimum Gasteiger partial charge on any atom is -0.330 e. The fraction of sp³-hybridized carbons (Fsp3) is 0.300. The van der Waals surface area contributed by atoms with Crippen molar-refractivity contribution >= 4 is 34.2 Å². The van der Waals surface area contributed by atoms with E-state index in [2.05, 4.69) is 4.98 Å². The minimum atomic E-state index is -0.108. The summed E-state index contributed by atoms with van der Waals surface area (Å²) in [5.74, 6) is 0.842. The Hall–Kier alpha value is -0.730. The van der Waals surface area contributed by atoms with Gasteiger partial charge in [-0.15, -0.1) is 11.6 Å². The molecule has 2 nitrogen and oxygen atoms in total. The first-order valence-electron chi connectivity index (χ1n) is 4.36. The van der Waals surface area contributed by atoms with E-state index in [9.17, 15) is 0 Å². The van der Waals surface area contributed by atoms with Crippen LogP contribution in [0.3, 0.4) is 0 Å². The molecule has 2 aromatic rings. The molecule has 14 heavy (non-hydrogen) atoms. The molecular formula is C10H10Cl2N2. The van der Waals surface area contributed by atoms with Crippen molar-refractivity contribution in [3.63, 3.8) is 0 Å². The van der Waals surface area contributed by atoms with Gasteiger partial charge in [0.25, 0.3) is 0 Å². The molecule has 1 atom stereocenters. The Labute approximate surface area is 92.5 Å². The molecule has 0 aliphatic carbocycles. The van der Waals surface area contributed by atoms with Crippen molar-refractivity contribution in [3.8, 4) is 0 Å². The summed E-state index contributed by atoms with van der Waals surface area (Å²) in [6.45, 7) is 1.90. The van der Waals surface area contributed by atoms with Gasteiger partial charge in [-0.1, -0.05) is 17.7 Å². The lowest BCUT2D eigenvalue weighted by Crippen LogP contribution is -1.97. The molecule has 0 aliphatic heterocycles. The summed E-state index contributed by atoms with van der Waals surface area (Å²) < 4.78 is 1.97. The fourth-order valence-corrected chi connectivity index (χ4v) is 1.96. The largest absolute Gasteiger partial charge is 0.330 e. The molecule has 4 heteroatoms. The molecule has 1 unspecified atom stereocenters. The van der Waals surface area contributed by atoms with Gasteiger partial charge in [0.2, 0.25) is 0 Å². The second-order valence-corrected chi connectivity index (χ2v) is 4.31. The lowest BCUT2D eigenvalue weighted by molar-refractivity contribution is 0.812. The monoisotopic (exact) mass is 228 g/mol. The number of alkyl halides is 1. The van der Waals surface area contributed by atoms with Gasteiger partial charge < -0.3 is 4.57 Å². The smallest absolute Gasteiger partial charge is 0.127 e. The van der Waals surface area contributed by atoms with Gasteiger partial charge in [-0.2, -0.15) is 0 Å². The second-order valence-electron chi connectivity index (χ2n) is 3.25. The summed E-state index contributed by atoms with van der Waals surface area (Å²) in [4.78, 5) is 4.41. The summed E-state index contributed by atoms with van der Waals surface area (Å²) in [6, 6.07) is 5.73. The number of halogens is 2. The van der Waals surface area contributed by atoms with Crippen molar-refractivity contribution in [2.45, 2.75) is 12.3 Å². The molecule has 0 spiro atoms. The molecule has 1 aromatic heterocycles. The summed E-state index contributed by atoms with van der Waals surface area (Å²) in [6.07, 6.45) is 0. The van der Waals surface area contributed by atoms with Crippen molar-refractivity contribution < 1.29 is 0 Å². The highest BCUT2D eigenvalue weighted by atomic mass is 35.5. The molecule has 1 heterocycles. The van der Waals surface area contributed by atoms with Crippen molar-refractivity contribution in [1.82, 2.24) is 9.55 Å². The number of hydrogen-bond donors (Lipinski definition) is 0. The van der Waals surface area contributed by atoms with Crippen molar-refractivity contribution in [1.29, 1.82) is 0 Å². The second kappa shape index (κ2) is 3.44. The van der Waals surface area contributed by atoms with Gasteiger partial charge in [-0.25, -0.2) is 4.98 Å². The van der Waals surface area contributed by atoms with Gasteiger partial charge in [0, 0.05) is 7.05 Å². The van der Waals surface area contributed by atoms with Crippen LogP contribution in [-0.4, -0.2) is 9.55 Å². The molecule has 0 fully saturated rings. The quantitative estimate of drug-likeness (QED) is 0.684. The standard InChI is InChI=1S/C10H10Cl2N2/c1-6(11)10-13-9-7(12)4-3-5-8(9)14(10)2/h3-6H,1-2H3. The number of hydrogen-bond acceptors (Lipinski definition) is 1. The van der Waals surface area contributed by atoms with E-state index < -0.39 is 0 Å². The first-order chi connectivity index (χ1) is 6.61. The summed E-state index contributed by atoms with van der Waals surface area (Å²) in [7, 11) is 1.94. The highest BCUT2D eigenvalue weighted by Gasteiger charge is 2.13. The van der Waals surface area contributed by atoms with Crippen molar-refractivity contribution in [2.24, 2.45) is 7.05 Å². The Morgan fingerprint density at radius 2 is 2.14 bits per heavy atom. The average molecular weight is 229 g/mol. The van der Waals surface area contributed by atoms with E-state index in [1.807, 2.05) is 36.7 Å². The molecule has 0 saturated heterocycles. The maximum Gasteiger partial charge on any atom is 0.127 e. The van der Waals surface area contributed by atoms with Crippen molar-refractivity contribution in [2.75, 3.05) is 0 Å². The normalized spacial score (nSPS) is 13.4. The van der Waals surface area contributed by atoms with Gasteiger partial charge >= 0.3 is 0 Å². The predicted molar refractivity (Wildman–Crippen MR) is 60.0 cm³/mol. The maximum atomic E-state index is 6.03. The van der Waals surface area contributed by atoms with E-state index in [-0.39, 0.29) is 5.38 Å². The van der Waals surface area contributed by atoms with Crippen LogP contribution in [0.2, 0.25) is 5.02 Å². The number of para-hydroxylation sites is 1. The van der Waals surface area contributed by atoms with Crippen LogP contribution in [0.1, 0.15) is 18.1 Å². The van der Waals surface area contributed by atoms with E-state index in [1.165, 1.54) is 0 Å². The van der Waals surface area contributed by atoms with E-state index in [4.69, 9.17) is 23.2 Å². The molecular weight excluding hydrogens is 219 g/mol. The summed E-state index contributed by atoms with van der Waals surface area (Å²) >= 11 is 12.0. The topological polar surface area (TPSA) is 17.8 Å². The molecule has 0 bridgehead atoms. The molecule has 2 rings (SSSR count). The lowest BCUT2D eigenvalue weighted by Gasteiger charge is -2.02. The number of nitrogens with zero attached hydrogens (tertiary/aromatic N) is 2. The van der Waals surface area contributed by atoms with E-state index in [1.54, 1.807) is 0 Å². The van der Waals surface area contributed by atoms with Gasteiger partial charge in [0.05, 0.1) is 15.9 Å². The molecule has 74 valence electrons. The lowest BCUT2D eigenvalue weighted by atomic mass is 10.3. The average Bonchev–Trinajstić information content (AvgIpc) is 2.46. The third-order valence-electron chi connectivity index (χ3n) is 2.25. The number of aryl methyl sites for hydroxylation is 1. The van der Waals surface area contributed by atoms with Crippen LogP contribution in [0.5, 0.6) is 0 Å². The summed E-state index contributed by atoms with van der Waals surface area (Å²) in [5.41, 5.74) is 1.83. The number of aromatic nitrogens is 2. The zero-order valence-electron chi connectivity index (χ0n) is 7.96. The molecule has 1 aromatic carbocycles. The maximum absolute atomic E-state index is 6.03. The predicted octanol–water partition coefficient (Wildman–Crippen LogP) is 3.53. The van der Waals surface area contributed by atoms with E-state index >= 15 is 0 Å². The van der Waals surface area contributed by atoms with Gasteiger partial charge in [-0.05, 0) is 19.1 Å². The van der Waals surface area contributed by atoms with Crippen LogP contribution in [0.25, 0.3) is 11.0 Å².